The van der Waals surface area contributed by atoms with Crippen LogP contribution < -0.4 is 0 Å². The van der Waals surface area contributed by atoms with Gasteiger partial charge in [0.15, 0.2) is 11.6 Å². The topological polar surface area (TPSA) is 54.4 Å². The van der Waals surface area contributed by atoms with Gasteiger partial charge in [0.05, 0.1) is 10.6 Å². The molecule has 0 amide bonds. The normalized spacial score (nSPS) is 13.2. The van der Waals surface area contributed by atoms with Crippen molar-refractivity contribution in [1.29, 1.82) is 0 Å². The molecule has 0 aromatic heterocycles. The van der Waals surface area contributed by atoms with E-state index in [2.05, 4.69) is 0 Å². The van der Waals surface area contributed by atoms with E-state index in [0.717, 1.165) is 0 Å². The van der Waals surface area contributed by atoms with Crippen LogP contribution in [0.3, 0.4) is 0 Å². The van der Waals surface area contributed by atoms with Gasteiger partial charge in [-0.3, -0.25) is 9.59 Å². The molecule has 0 saturated heterocycles. The van der Waals surface area contributed by atoms with Crippen LogP contribution in [0.15, 0.2) is 36.4 Å². The Bertz CT molecular complexity index is 704. The largest absolute Gasteiger partial charge is 0.506 e. The fraction of sp³-hybridized carbons (Fsp3) is 0. The summed E-state index contributed by atoms with van der Waals surface area (Å²) in [5, 5.41) is 9.92. The molecule has 1 aliphatic carbocycles. The lowest BCUT2D eigenvalue weighted by Crippen LogP contribution is -2.20. The minimum atomic E-state index is -0.375. The van der Waals surface area contributed by atoms with Gasteiger partial charge in [-0.1, -0.05) is 35.9 Å². The molecule has 3 nitrogen and oxygen atoms in total. The maximum absolute atomic E-state index is 12.3. The van der Waals surface area contributed by atoms with Gasteiger partial charge < -0.3 is 5.11 Å². The molecule has 1 aliphatic rings. The molecule has 0 fully saturated rings. The zero-order chi connectivity index (χ0) is 12.9. The Hall–Kier alpha value is -2.13. The number of hydrogen-bond donors (Lipinski definition) is 1. The van der Waals surface area contributed by atoms with Crippen LogP contribution in [0.2, 0.25) is 5.02 Å². The van der Waals surface area contributed by atoms with E-state index in [4.69, 9.17) is 11.6 Å². The second kappa shape index (κ2) is 3.68. The van der Waals surface area contributed by atoms with Crippen LogP contribution in [0.4, 0.5) is 0 Å². The average molecular weight is 259 g/mol. The number of phenolic OH excluding ortho intramolecular Hbond substituents is 1. The second-order valence-electron chi connectivity index (χ2n) is 4.02. The first-order valence-electron chi connectivity index (χ1n) is 5.31. The summed E-state index contributed by atoms with van der Waals surface area (Å²) in [6, 6.07) is 9.42. The first-order valence-corrected chi connectivity index (χ1v) is 5.69. The number of carbonyl (C=O) groups is 2. The highest BCUT2D eigenvalue weighted by Gasteiger charge is 2.32. The van der Waals surface area contributed by atoms with Crippen molar-refractivity contribution in [3.63, 3.8) is 0 Å². The molecule has 0 unspecified atom stereocenters. The van der Waals surface area contributed by atoms with Crippen molar-refractivity contribution in [2.45, 2.75) is 0 Å². The van der Waals surface area contributed by atoms with Gasteiger partial charge >= 0.3 is 0 Å². The highest BCUT2D eigenvalue weighted by Crippen LogP contribution is 2.36. The molecule has 0 radical (unpaired) electrons. The zero-order valence-electron chi connectivity index (χ0n) is 9.11. The van der Waals surface area contributed by atoms with Crippen LogP contribution in [0.1, 0.15) is 31.8 Å². The summed E-state index contributed by atoms with van der Waals surface area (Å²) in [6.45, 7) is 0. The molecule has 0 bridgehead atoms. The number of carbonyl (C=O) groups excluding carboxylic acids is 2. The molecule has 3 rings (SSSR count). The second-order valence-corrected chi connectivity index (χ2v) is 4.43. The minimum Gasteiger partial charge on any atom is -0.506 e. The van der Waals surface area contributed by atoms with Gasteiger partial charge in [0, 0.05) is 16.7 Å². The molecule has 0 spiro atoms. The van der Waals surface area contributed by atoms with Crippen molar-refractivity contribution in [2.24, 2.45) is 0 Å². The predicted octanol–water partition coefficient (Wildman–Crippen LogP) is 2.82. The van der Waals surface area contributed by atoms with E-state index in [9.17, 15) is 14.7 Å². The predicted molar refractivity (Wildman–Crippen MR) is 66.4 cm³/mol. The molecular formula is C14H7ClO3. The number of halogens is 1. The van der Waals surface area contributed by atoms with Crippen LogP contribution in [0, 0.1) is 0 Å². The molecule has 0 heterocycles. The van der Waals surface area contributed by atoms with Crippen LogP contribution in [-0.2, 0) is 0 Å². The lowest BCUT2D eigenvalue weighted by atomic mass is 9.84. The SMILES string of the molecule is O=C1c2ccccc2C(=O)c2c1ccc(Cl)c2O. The molecular weight excluding hydrogens is 252 g/mol. The third kappa shape index (κ3) is 1.31. The molecule has 18 heavy (non-hydrogen) atoms. The quantitative estimate of drug-likeness (QED) is 0.675. The summed E-state index contributed by atoms with van der Waals surface area (Å²) >= 11 is 5.77. The van der Waals surface area contributed by atoms with Crippen molar-refractivity contribution in [1.82, 2.24) is 0 Å². The molecule has 88 valence electrons. The Morgan fingerprint density at radius 1 is 0.833 bits per heavy atom. The van der Waals surface area contributed by atoms with Gasteiger partial charge in [0.25, 0.3) is 0 Å². The molecule has 2 aromatic rings. The minimum absolute atomic E-state index is 0.00815. The lowest BCUT2D eigenvalue weighted by molar-refractivity contribution is 0.0976. The summed E-state index contributed by atoms with van der Waals surface area (Å²) in [5.41, 5.74) is 0.844. The maximum Gasteiger partial charge on any atom is 0.198 e. The van der Waals surface area contributed by atoms with Gasteiger partial charge in [0.2, 0.25) is 0 Å². The lowest BCUT2D eigenvalue weighted by Gasteiger charge is -2.18. The third-order valence-electron chi connectivity index (χ3n) is 3.02. The maximum atomic E-state index is 12.3. The number of aromatic hydroxyl groups is 1. The highest BCUT2D eigenvalue weighted by molar-refractivity contribution is 6.35. The van der Waals surface area contributed by atoms with Crippen LogP contribution in [0.25, 0.3) is 0 Å². The molecule has 0 saturated carbocycles. The number of hydrogen-bond acceptors (Lipinski definition) is 3. The van der Waals surface area contributed by atoms with E-state index in [1.807, 2.05) is 0 Å². The number of benzene rings is 2. The Morgan fingerprint density at radius 2 is 1.44 bits per heavy atom. The fourth-order valence-corrected chi connectivity index (χ4v) is 2.30. The van der Waals surface area contributed by atoms with Gasteiger partial charge in [-0.15, -0.1) is 0 Å². The summed E-state index contributed by atoms with van der Waals surface area (Å²) < 4.78 is 0. The standard InChI is InChI=1S/C14H7ClO3/c15-10-6-5-9-11(14(10)18)13(17)8-4-2-1-3-7(8)12(9)16/h1-6,18H. The number of rotatable bonds is 0. The van der Waals surface area contributed by atoms with E-state index in [0.29, 0.717) is 11.1 Å². The molecule has 2 aromatic carbocycles. The van der Waals surface area contributed by atoms with Gasteiger partial charge in [-0.2, -0.15) is 0 Å². The Morgan fingerprint density at radius 3 is 2.11 bits per heavy atom. The highest BCUT2D eigenvalue weighted by atomic mass is 35.5. The fourth-order valence-electron chi connectivity index (χ4n) is 2.14. The summed E-state index contributed by atoms with van der Waals surface area (Å²) in [5.74, 6) is -0.977. The average Bonchev–Trinajstić information content (AvgIpc) is 2.39. The van der Waals surface area contributed by atoms with Crippen LogP contribution in [-0.4, -0.2) is 16.7 Å². The van der Waals surface area contributed by atoms with Crippen molar-refractivity contribution in [3.05, 3.63) is 63.7 Å². The van der Waals surface area contributed by atoms with Crippen molar-refractivity contribution < 1.29 is 14.7 Å². The number of phenols is 1. The van der Waals surface area contributed by atoms with E-state index in [1.165, 1.54) is 12.1 Å². The van der Waals surface area contributed by atoms with E-state index < -0.39 is 0 Å². The first-order chi connectivity index (χ1) is 8.61. The van der Waals surface area contributed by atoms with Gasteiger partial charge in [0.1, 0.15) is 5.75 Å². The Labute approximate surface area is 108 Å². The monoisotopic (exact) mass is 258 g/mol. The smallest absolute Gasteiger partial charge is 0.198 e. The molecule has 0 aliphatic heterocycles. The zero-order valence-corrected chi connectivity index (χ0v) is 9.86. The summed E-state index contributed by atoms with van der Waals surface area (Å²) in [6.07, 6.45) is 0. The molecule has 4 heteroatoms. The van der Waals surface area contributed by atoms with Crippen LogP contribution >= 0.6 is 11.6 Å². The summed E-state index contributed by atoms with van der Waals surface area (Å²) in [7, 11) is 0. The molecule has 1 N–H and O–H groups in total. The summed E-state index contributed by atoms with van der Waals surface area (Å²) in [4.78, 5) is 24.5. The van der Waals surface area contributed by atoms with Gasteiger partial charge in [-0.25, -0.2) is 0 Å². The van der Waals surface area contributed by atoms with Crippen molar-refractivity contribution in [3.8, 4) is 5.75 Å². The van der Waals surface area contributed by atoms with E-state index >= 15 is 0 Å². The number of ketones is 2. The van der Waals surface area contributed by atoms with Crippen molar-refractivity contribution >= 4 is 23.2 Å². The third-order valence-corrected chi connectivity index (χ3v) is 3.32. The van der Waals surface area contributed by atoms with Crippen LogP contribution in [0.5, 0.6) is 5.75 Å². The Balaban J connectivity index is 2.38. The number of fused-ring (bicyclic) bond motifs is 2. The Kier molecular flexibility index (Phi) is 2.25. The van der Waals surface area contributed by atoms with E-state index in [1.54, 1.807) is 24.3 Å². The molecule has 0 atom stereocenters. The van der Waals surface area contributed by atoms with Crippen molar-refractivity contribution in [2.75, 3.05) is 0 Å². The first kappa shape index (κ1) is 11.0. The van der Waals surface area contributed by atoms with E-state index in [-0.39, 0.29) is 33.5 Å². The van der Waals surface area contributed by atoms with Gasteiger partial charge in [-0.05, 0) is 12.1 Å².